The number of rotatable bonds is 5. The standard InChI is InChI=1S/C18H29N6O2/c1-3-24(15-5-12-25-13-6-15)16(4-7-19-24)18-21-20-17(26-18)14-23-10-8-22(2)9-11-23/h4,7,15H,3,5-6,8-14H2,1-2H3/q+1. The van der Waals surface area contributed by atoms with Gasteiger partial charge in [0.1, 0.15) is 12.6 Å². The van der Waals surface area contributed by atoms with E-state index < -0.39 is 0 Å². The number of aromatic nitrogens is 2. The molecule has 1 atom stereocenters. The van der Waals surface area contributed by atoms with Gasteiger partial charge in [0.05, 0.1) is 26.0 Å². The summed E-state index contributed by atoms with van der Waals surface area (Å²) >= 11 is 0. The first-order chi connectivity index (χ1) is 12.7. The monoisotopic (exact) mass is 361 g/mol. The molecule has 1 unspecified atom stereocenters. The summed E-state index contributed by atoms with van der Waals surface area (Å²) in [5.41, 5.74) is 1.02. The van der Waals surface area contributed by atoms with E-state index in [9.17, 15) is 0 Å². The molecule has 142 valence electrons. The van der Waals surface area contributed by atoms with Crippen LogP contribution in [-0.2, 0) is 11.3 Å². The molecule has 0 spiro atoms. The molecule has 8 nitrogen and oxygen atoms in total. The summed E-state index contributed by atoms with van der Waals surface area (Å²) in [6, 6.07) is 0.409. The molecular formula is C18H29N6O2+. The Balaban J connectivity index is 1.49. The van der Waals surface area contributed by atoms with E-state index in [4.69, 9.17) is 14.3 Å². The van der Waals surface area contributed by atoms with E-state index in [0.29, 0.717) is 22.4 Å². The fourth-order valence-corrected chi connectivity index (χ4v) is 4.18. The summed E-state index contributed by atoms with van der Waals surface area (Å²) in [6.45, 7) is 9.61. The van der Waals surface area contributed by atoms with Gasteiger partial charge >= 0.3 is 5.89 Å². The number of allylic oxidation sites excluding steroid dienone is 1. The lowest BCUT2D eigenvalue weighted by atomic mass is 10.1. The summed E-state index contributed by atoms with van der Waals surface area (Å²) in [4.78, 5) is 4.72. The van der Waals surface area contributed by atoms with Crippen LogP contribution < -0.4 is 0 Å². The molecule has 0 N–H and O–H groups in total. The lowest BCUT2D eigenvalue weighted by Gasteiger charge is -2.38. The number of likely N-dealkylation sites (N-methyl/N-ethyl adjacent to an activating group) is 1. The van der Waals surface area contributed by atoms with Crippen LogP contribution in [-0.4, -0.2) is 89.8 Å². The second-order valence-electron chi connectivity index (χ2n) is 7.38. The number of nitrogens with zero attached hydrogens (tertiary/aromatic N) is 6. The van der Waals surface area contributed by atoms with Crippen molar-refractivity contribution in [2.45, 2.75) is 32.4 Å². The predicted molar refractivity (Wildman–Crippen MR) is 98.2 cm³/mol. The molecule has 4 heterocycles. The van der Waals surface area contributed by atoms with Crippen LogP contribution in [0.3, 0.4) is 0 Å². The Morgan fingerprint density at radius 1 is 1.15 bits per heavy atom. The third kappa shape index (κ3) is 3.34. The smallest absolute Gasteiger partial charge is 0.305 e. The van der Waals surface area contributed by atoms with Crippen LogP contribution in [0, 0.1) is 0 Å². The maximum atomic E-state index is 6.07. The fraction of sp³-hybridized carbons (Fsp3) is 0.722. The van der Waals surface area contributed by atoms with Crippen molar-refractivity contribution < 1.29 is 13.7 Å². The summed E-state index contributed by atoms with van der Waals surface area (Å²) in [6.07, 6.45) is 5.93. The minimum Gasteiger partial charge on any atom is -0.415 e. The van der Waals surface area contributed by atoms with E-state index in [1.807, 2.05) is 12.3 Å². The number of piperazine rings is 1. The minimum atomic E-state index is 0.409. The molecular weight excluding hydrogens is 332 g/mol. The molecule has 4 rings (SSSR count). The van der Waals surface area contributed by atoms with E-state index in [1.54, 1.807) is 0 Å². The van der Waals surface area contributed by atoms with Crippen molar-refractivity contribution in [3.63, 3.8) is 0 Å². The number of hydrogen-bond acceptors (Lipinski definition) is 7. The van der Waals surface area contributed by atoms with Crippen LogP contribution in [0.5, 0.6) is 0 Å². The zero-order valence-electron chi connectivity index (χ0n) is 15.8. The van der Waals surface area contributed by atoms with Gasteiger partial charge in [-0.05, 0) is 14.0 Å². The zero-order valence-corrected chi connectivity index (χ0v) is 15.8. The second-order valence-corrected chi connectivity index (χ2v) is 7.38. The SMILES string of the molecule is CC[N+]1(C2CCOCC2)N=CC=C1c1nnc(CN2CCN(C)CC2)o1. The highest BCUT2D eigenvalue weighted by Crippen LogP contribution is 2.37. The molecule has 0 aromatic carbocycles. The molecule has 0 saturated carbocycles. The average Bonchev–Trinajstić information content (AvgIpc) is 3.31. The van der Waals surface area contributed by atoms with Gasteiger partial charge in [0.2, 0.25) is 11.6 Å². The van der Waals surface area contributed by atoms with Crippen LogP contribution >= 0.6 is 0 Å². The van der Waals surface area contributed by atoms with Gasteiger partial charge in [0, 0.05) is 45.1 Å². The Labute approximate surface area is 154 Å². The van der Waals surface area contributed by atoms with Crippen molar-refractivity contribution in [2.75, 3.05) is 53.0 Å². The summed E-state index contributed by atoms with van der Waals surface area (Å²) < 4.78 is 12.2. The third-order valence-corrected chi connectivity index (χ3v) is 5.84. The maximum absolute atomic E-state index is 6.07. The van der Waals surface area contributed by atoms with Gasteiger partial charge in [-0.1, -0.05) is 5.10 Å². The quantitative estimate of drug-likeness (QED) is 0.734. The first-order valence-electron chi connectivity index (χ1n) is 9.67. The Morgan fingerprint density at radius 2 is 1.92 bits per heavy atom. The van der Waals surface area contributed by atoms with Gasteiger partial charge in [0.25, 0.3) is 0 Å². The van der Waals surface area contributed by atoms with Gasteiger partial charge in [-0.3, -0.25) is 4.90 Å². The molecule has 2 fully saturated rings. The number of hydrogen-bond donors (Lipinski definition) is 0. The van der Waals surface area contributed by atoms with Crippen LogP contribution in [0.15, 0.2) is 15.6 Å². The maximum Gasteiger partial charge on any atom is 0.305 e. The fourth-order valence-electron chi connectivity index (χ4n) is 4.18. The summed E-state index contributed by atoms with van der Waals surface area (Å²) in [5, 5.41) is 13.5. The topological polar surface area (TPSA) is 67.0 Å². The van der Waals surface area contributed by atoms with Crippen LogP contribution in [0.2, 0.25) is 0 Å². The minimum absolute atomic E-state index is 0.409. The molecule has 1 aromatic rings. The highest BCUT2D eigenvalue weighted by molar-refractivity contribution is 5.82. The summed E-state index contributed by atoms with van der Waals surface area (Å²) in [5.74, 6) is 1.30. The Hall–Kier alpha value is -1.61. The lowest BCUT2D eigenvalue weighted by Crippen LogP contribution is -2.50. The Bertz CT molecular complexity index is 673. The molecule has 3 aliphatic rings. The molecule has 0 radical (unpaired) electrons. The Morgan fingerprint density at radius 3 is 2.65 bits per heavy atom. The third-order valence-electron chi connectivity index (χ3n) is 5.84. The molecule has 0 aliphatic carbocycles. The van der Waals surface area contributed by atoms with Crippen LogP contribution in [0.25, 0.3) is 5.70 Å². The summed E-state index contributed by atoms with van der Waals surface area (Å²) in [7, 11) is 2.16. The lowest BCUT2D eigenvalue weighted by molar-refractivity contribution is -0.890. The van der Waals surface area contributed by atoms with Gasteiger partial charge in [-0.15, -0.1) is 10.2 Å². The highest BCUT2D eigenvalue weighted by Gasteiger charge is 2.46. The van der Waals surface area contributed by atoms with Crippen molar-refractivity contribution in [3.05, 3.63) is 17.9 Å². The van der Waals surface area contributed by atoms with Gasteiger partial charge in [-0.2, -0.15) is 4.59 Å². The molecule has 2 saturated heterocycles. The van der Waals surface area contributed by atoms with E-state index in [2.05, 4.69) is 34.0 Å². The molecule has 0 bridgehead atoms. The molecule has 3 aliphatic heterocycles. The molecule has 26 heavy (non-hydrogen) atoms. The van der Waals surface area contributed by atoms with Crippen LogP contribution in [0.1, 0.15) is 31.5 Å². The van der Waals surface area contributed by atoms with Crippen LogP contribution in [0.4, 0.5) is 0 Å². The predicted octanol–water partition coefficient (Wildman–Crippen LogP) is 1.17. The number of ether oxygens (including phenoxy) is 1. The molecule has 0 amide bonds. The Kier molecular flexibility index (Phi) is 5.17. The van der Waals surface area contributed by atoms with Crippen molar-refractivity contribution in [1.29, 1.82) is 0 Å². The van der Waals surface area contributed by atoms with E-state index in [1.165, 1.54) is 0 Å². The van der Waals surface area contributed by atoms with Gasteiger partial charge < -0.3 is 14.1 Å². The van der Waals surface area contributed by atoms with Gasteiger partial charge in [0.15, 0.2) is 0 Å². The van der Waals surface area contributed by atoms with Crippen molar-refractivity contribution in [1.82, 2.24) is 20.0 Å². The van der Waals surface area contributed by atoms with E-state index in [-0.39, 0.29) is 0 Å². The first kappa shape index (κ1) is 17.8. The molecule has 8 heteroatoms. The average molecular weight is 361 g/mol. The largest absolute Gasteiger partial charge is 0.415 e. The second kappa shape index (κ2) is 7.56. The van der Waals surface area contributed by atoms with Crippen molar-refractivity contribution in [2.24, 2.45) is 5.10 Å². The zero-order chi connectivity index (χ0) is 18.0. The number of quaternary nitrogens is 1. The van der Waals surface area contributed by atoms with Crippen molar-refractivity contribution >= 4 is 11.9 Å². The normalized spacial score (nSPS) is 28.6. The van der Waals surface area contributed by atoms with Gasteiger partial charge in [-0.25, -0.2) is 0 Å². The van der Waals surface area contributed by atoms with Crippen molar-refractivity contribution in [3.8, 4) is 0 Å². The molecule has 1 aromatic heterocycles. The highest BCUT2D eigenvalue weighted by atomic mass is 16.5. The van der Waals surface area contributed by atoms with E-state index >= 15 is 0 Å². The first-order valence-corrected chi connectivity index (χ1v) is 9.67. The van der Waals surface area contributed by atoms with E-state index in [0.717, 1.165) is 71.0 Å².